The Morgan fingerprint density at radius 1 is 1.39 bits per heavy atom. The van der Waals surface area contributed by atoms with Gasteiger partial charge in [0.15, 0.2) is 5.78 Å². The van der Waals surface area contributed by atoms with Crippen molar-refractivity contribution in [2.75, 3.05) is 13.1 Å². The number of nitrogens with zero attached hydrogens (tertiary/aromatic N) is 2. The third-order valence-electron chi connectivity index (χ3n) is 7.52. The maximum atomic E-state index is 13.6. The van der Waals surface area contributed by atoms with Gasteiger partial charge in [0.05, 0.1) is 5.69 Å². The summed E-state index contributed by atoms with van der Waals surface area (Å²) in [7, 11) is -3.67. The van der Waals surface area contributed by atoms with Gasteiger partial charge in [-0.2, -0.15) is 4.31 Å². The highest BCUT2D eigenvalue weighted by Crippen LogP contribution is 2.46. The second-order valence-electron chi connectivity index (χ2n) is 11.0. The molecule has 1 radical (unpaired) electrons. The number of pyridine rings is 1. The van der Waals surface area contributed by atoms with E-state index in [0.29, 0.717) is 36.5 Å². The number of ketones is 1. The number of rotatable bonds is 11. The Labute approximate surface area is 231 Å². The van der Waals surface area contributed by atoms with Crippen molar-refractivity contribution in [2.24, 2.45) is 17.1 Å². The number of nitrogens with one attached hydrogen (secondary N) is 1. The van der Waals surface area contributed by atoms with E-state index in [4.69, 9.17) is 5.73 Å². The van der Waals surface area contributed by atoms with Gasteiger partial charge in [-0.3, -0.25) is 9.78 Å². The number of carbonyl (C=O) groups excluding carboxylic acids is 1. The number of nitrogens with two attached hydrogens (primary N) is 1. The number of sulfonamides is 1. The highest BCUT2D eigenvalue weighted by molar-refractivity contribution is 7.89. The molecule has 7 nitrogen and oxygen atoms in total. The number of fused-ring (bicyclic) bond motifs is 1. The number of thiophene rings is 1. The number of aromatic nitrogens is 1. The third-order valence-corrected chi connectivity index (χ3v) is 10.6. The SMILES string of the molecule is CCN/C=C(\N)CC[C@H](c1cc(CN2C[C@@H](C)Cc3ncccc3S2(=O)=O)c(C)s1)C(C)(C)C(=O)C1=C[CH]1. The van der Waals surface area contributed by atoms with E-state index >= 15 is 0 Å². The Kier molecular flexibility index (Phi) is 8.49. The molecule has 2 atom stereocenters. The lowest BCUT2D eigenvalue weighted by Crippen LogP contribution is -2.33. The molecule has 0 amide bonds. The maximum Gasteiger partial charge on any atom is 0.245 e. The zero-order valence-electron chi connectivity index (χ0n) is 23.0. The minimum absolute atomic E-state index is 0.0551. The van der Waals surface area contributed by atoms with Gasteiger partial charge in [0.1, 0.15) is 4.90 Å². The summed E-state index contributed by atoms with van der Waals surface area (Å²) in [4.78, 5) is 20.1. The number of hydrogen-bond acceptors (Lipinski definition) is 7. The van der Waals surface area contributed by atoms with Gasteiger partial charge in [-0.05, 0) is 62.8 Å². The van der Waals surface area contributed by atoms with Crippen LogP contribution in [0.4, 0.5) is 0 Å². The summed E-state index contributed by atoms with van der Waals surface area (Å²) in [5.41, 5.74) is 8.78. The normalized spacial score (nSPS) is 20.3. The van der Waals surface area contributed by atoms with Gasteiger partial charge in [-0.1, -0.05) is 26.8 Å². The van der Waals surface area contributed by atoms with Crippen LogP contribution in [0.5, 0.6) is 0 Å². The first kappa shape index (κ1) is 28.5. The largest absolute Gasteiger partial charge is 0.401 e. The van der Waals surface area contributed by atoms with Crippen molar-refractivity contribution in [3.8, 4) is 0 Å². The molecule has 1 aliphatic heterocycles. The zero-order valence-corrected chi connectivity index (χ0v) is 24.6. The van der Waals surface area contributed by atoms with Gasteiger partial charge >= 0.3 is 0 Å². The molecule has 0 saturated carbocycles. The zero-order chi connectivity index (χ0) is 27.7. The van der Waals surface area contributed by atoms with Crippen molar-refractivity contribution in [1.82, 2.24) is 14.6 Å². The monoisotopic (exact) mass is 555 g/mol. The molecular formula is C29H39N4O3S2. The molecule has 0 bridgehead atoms. The summed E-state index contributed by atoms with van der Waals surface area (Å²) >= 11 is 1.66. The number of carbonyl (C=O) groups is 1. The molecule has 0 aromatic carbocycles. The van der Waals surface area contributed by atoms with Crippen LogP contribution in [0.25, 0.3) is 0 Å². The predicted octanol–water partition coefficient (Wildman–Crippen LogP) is 4.85. The molecule has 0 unspecified atom stereocenters. The van der Waals surface area contributed by atoms with Crippen molar-refractivity contribution >= 4 is 27.1 Å². The summed E-state index contributed by atoms with van der Waals surface area (Å²) in [5, 5.41) is 3.15. The number of hydrogen-bond donors (Lipinski definition) is 2. The van der Waals surface area contributed by atoms with Crippen LogP contribution in [0.15, 0.2) is 52.8 Å². The van der Waals surface area contributed by atoms with E-state index in [0.717, 1.165) is 39.6 Å². The Morgan fingerprint density at radius 3 is 2.82 bits per heavy atom. The summed E-state index contributed by atoms with van der Waals surface area (Å²) in [6.45, 7) is 11.7. The van der Waals surface area contributed by atoms with Crippen LogP contribution in [0.2, 0.25) is 0 Å². The van der Waals surface area contributed by atoms with E-state index in [1.165, 1.54) is 0 Å². The molecule has 3 heterocycles. The first-order valence-corrected chi connectivity index (χ1v) is 15.5. The number of allylic oxidation sites excluding steroid dienone is 3. The molecule has 205 valence electrons. The van der Waals surface area contributed by atoms with Gasteiger partial charge in [-0.25, -0.2) is 8.42 Å². The smallest absolute Gasteiger partial charge is 0.245 e. The quantitative estimate of drug-likeness (QED) is 0.411. The van der Waals surface area contributed by atoms with Gasteiger partial charge < -0.3 is 11.1 Å². The van der Waals surface area contributed by atoms with Crippen LogP contribution < -0.4 is 11.1 Å². The van der Waals surface area contributed by atoms with Crippen molar-refractivity contribution in [2.45, 2.75) is 71.2 Å². The van der Waals surface area contributed by atoms with Crippen LogP contribution >= 0.6 is 11.3 Å². The third kappa shape index (κ3) is 6.05. The summed E-state index contributed by atoms with van der Waals surface area (Å²) < 4.78 is 28.9. The average molecular weight is 556 g/mol. The van der Waals surface area contributed by atoms with Crippen molar-refractivity contribution < 1.29 is 13.2 Å². The fourth-order valence-electron chi connectivity index (χ4n) is 5.20. The first-order valence-electron chi connectivity index (χ1n) is 13.3. The number of Topliss-reactive ketones (excluding diaryl/α,β-unsaturated/α-hetero) is 1. The van der Waals surface area contributed by atoms with Gasteiger partial charge in [0.2, 0.25) is 10.0 Å². The second-order valence-corrected chi connectivity index (χ2v) is 14.2. The minimum atomic E-state index is -3.67. The first-order chi connectivity index (χ1) is 17.9. The molecule has 0 fully saturated rings. The van der Waals surface area contributed by atoms with Crippen molar-refractivity contribution in [1.29, 1.82) is 0 Å². The molecule has 0 saturated heterocycles. The Morgan fingerprint density at radius 2 is 2.13 bits per heavy atom. The summed E-state index contributed by atoms with van der Waals surface area (Å²) in [5.74, 6) is 0.232. The average Bonchev–Trinajstić information content (AvgIpc) is 3.66. The summed E-state index contributed by atoms with van der Waals surface area (Å²) in [6.07, 6.45) is 9.24. The molecule has 0 spiro atoms. The Hall–Kier alpha value is -2.49. The lowest BCUT2D eigenvalue weighted by molar-refractivity contribution is -0.123. The van der Waals surface area contributed by atoms with Crippen LogP contribution in [-0.4, -0.2) is 36.6 Å². The van der Waals surface area contributed by atoms with E-state index in [1.54, 1.807) is 34.0 Å². The molecule has 1 aliphatic carbocycles. The number of aryl methyl sites for hydroxylation is 1. The topological polar surface area (TPSA) is 105 Å². The van der Waals surface area contributed by atoms with Gasteiger partial charge in [0, 0.05) is 70.8 Å². The second kappa shape index (κ2) is 11.3. The Bertz CT molecular complexity index is 1360. The molecule has 2 aromatic heterocycles. The fourth-order valence-corrected chi connectivity index (χ4v) is 8.29. The van der Waals surface area contributed by atoms with Crippen LogP contribution in [-0.2, 0) is 27.8 Å². The molecule has 9 heteroatoms. The van der Waals surface area contributed by atoms with E-state index in [9.17, 15) is 13.2 Å². The summed E-state index contributed by atoms with van der Waals surface area (Å²) in [6, 6.07) is 5.46. The molecule has 2 aliphatic rings. The fraction of sp³-hybridized carbons (Fsp3) is 0.483. The van der Waals surface area contributed by atoms with E-state index in [-0.39, 0.29) is 17.6 Å². The van der Waals surface area contributed by atoms with E-state index < -0.39 is 15.4 Å². The van der Waals surface area contributed by atoms with Crippen molar-refractivity contribution in [3.05, 3.63) is 75.4 Å². The van der Waals surface area contributed by atoms with E-state index in [2.05, 4.69) is 23.3 Å². The van der Waals surface area contributed by atoms with Crippen LogP contribution in [0.1, 0.15) is 67.5 Å². The maximum absolute atomic E-state index is 13.6. The molecule has 38 heavy (non-hydrogen) atoms. The van der Waals surface area contributed by atoms with E-state index in [1.807, 2.05) is 46.4 Å². The lowest BCUT2D eigenvalue weighted by Gasteiger charge is -2.32. The Balaban J connectivity index is 1.64. The van der Waals surface area contributed by atoms with Crippen LogP contribution in [0, 0.1) is 24.7 Å². The van der Waals surface area contributed by atoms with Gasteiger partial charge in [-0.15, -0.1) is 11.3 Å². The molecule has 4 rings (SSSR count). The standard InChI is InChI=1S/C29H39N4O3S2/c1-6-31-16-23(30)11-12-24(29(4,5)28(34)21-9-10-21)26-15-22(20(3)37-26)18-33-17-19(2)14-25-27(38(33,35)36)8-7-13-32-25/h7-10,13,15-16,19,24,31H,6,11-12,14,17-18,30H2,1-5H3/b23-16-/t19-,24+/m0/s1. The van der Waals surface area contributed by atoms with Gasteiger partial charge in [0.25, 0.3) is 0 Å². The van der Waals surface area contributed by atoms with Crippen LogP contribution in [0.3, 0.4) is 0 Å². The molecule has 3 N–H and O–H groups in total. The minimum Gasteiger partial charge on any atom is -0.401 e. The molecular weight excluding hydrogens is 516 g/mol. The van der Waals surface area contributed by atoms with Crippen molar-refractivity contribution in [3.63, 3.8) is 0 Å². The highest BCUT2D eigenvalue weighted by Gasteiger charge is 2.42. The molecule has 2 aromatic rings. The highest BCUT2D eigenvalue weighted by atomic mass is 32.2. The lowest BCUT2D eigenvalue weighted by atomic mass is 9.71. The predicted molar refractivity (Wildman–Crippen MR) is 153 cm³/mol.